The van der Waals surface area contributed by atoms with Gasteiger partial charge in [0.15, 0.2) is 5.13 Å². The third-order valence-electron chi connectivity index (χ3n) is 3.38. The summed E-state index contributed by atoms with van der Waals surface area (Å²) in [6, 6.07) is 4.97. The van der Waals surface area contributed by atoms with Gasteiger partial charge in [0.25, 0.3) is 5.69 Å². The maximum Gasteiger partial charge on any atom is 0.272 e. The highest BCUT2D eigenvalue weighted by molar-refractivity contribution is 7.14. The molecule has 8 heteroatoms. The van der Waals surface area contributed by atoms with E-state index in [1.165, 1.54) is 17.4 Å². The lowest BCUT2D eigenvalue weighted by Gasteiger charge is -2.06. The smallest absolute Gasteiger partial charge is 0.272 e. The van der Waals surface area contributed by atoms with Gasteiger partial charge in [0.2, 0.25) is 5.91 Å². The molecule has 0 saturated carbocycles. The van der Waals surface area contributed by atoms with Crippen LogP contribution >= 0.6 is 11.3 Å². The highest BCUT2D eigenvalue weighted by Gasteiger charge is 2.14. The molecule has 1 aromatic carbocycles. The van der Waals surface area contributed by atoms with Crippen LogP contribution in [0, 0.1) is 23.0 Å². The van der Waals surface area contributed by atoms with Gasteiger partial charge in [-0.3, -0.25) is 14.9 Å². The number of carbonyl (C=O) groups is 1. The number of benzene rings is 1. The zero-order valence-electron chi connectivity index (χ0n) is 14.4. The fourth-order valence-corrected chi connectivity index (χ4v) is 2.83. The van der Waals surface area contributed by atoms with Crippen LogP contribution in [0.25, 0.3) is 11.3 Å². The Hall–Kier alpha value is -2.32. The van der Waals surface area contributed by atoms with E-state index in [0.29, 0.717) is 41.1 Å². The average molecular weight is 363 g/mol. The number of hydrogen-bond acceptors (Lipinski definition) is 6. The fraction of sp³-hybridized carbons (Fsp3) is 0.412. The van der Waals surface area contributed by atoms with E-state index in [-0.39, 0.29) is 18.0 Å². The Labute approximate surface area is 150 Å². The van der Waals surface area contributed by atoms with Crippen LogP contribution in [0.2, 0.25) is 0 Å². The molecule has 25 heavy (non-hydrogen) atoms. The number of rotatable bonds is 8. The first-order valence-corrected chi connectivity index (χ1v) is 8.83. The molecule has 0 aliphatic heterocycles. The summed E-state index contributed by atoms with van der Waals surface area (Å²) in [5.74, 6) is 0.266. The van der Waals surface area contributed by atoms with Crippen molar-refractivity contribution in [1.82, 2.24) is 4.98 Å². The number of nitro groups is 1. The zero-order valence-corrected chi connectivity index (χ0v) is 15.3. The van der Waals surface area contributed by atoms with Crippen LogP contribution in [0.3, 0.4) is 0 Å². The van der Waals surface area contributed by atoms with E-state index >= 15 is 0 Å². The lowest BCUT2D eigenvalue weighted by atomic mass is 10.1. The first-order valence-electron chi connectivity index (χ1n) is 7.95. The lowest BCUT2D eigenvalue weighted by Crippen LogP contribution is -2.15. The second-order valence-corrected chi connectivity index (χ2v) is 6.92. The van der Waals surface area contributed by atoms with E-state index in [2.05, 4.69) is 10.3 Å². The van der Waals surface area contributed by atoms with Gasteiger partial charge >= 0.3 is 0 Å². The summed E-state index contributed by atoms with van der Waals surface area (Å²) in [6.45, 7) is 6.78. The molecular weight excluding hydrogens is 342 g/mol. The van der Waals surface area contributed by atoms with E-state index in [0.717, 1.165) is 0 Å². The van der Waals surface area contributed by atoms with E-state index in [1.54, 1.807) is 24.4 Å². The highest BCUT2D eigenvalue weighted by Crippen LogP contribution is 2.29. The molecule has 0 spiro atoms. The SMILES string of the molecule is Cc1ccc(-c2csc(NC(=O)CCOCC(C)C)n2)cc1[N+](=O)[O-]. The summed E-state index contributed by atoms with van der Waals surface area (Å²) in [5.41, 5.74) is 1.89. The van der Waals surface area contributed by atoms with Gasteiger partial charge < -0.3 is 10.1 Å². The number of hydrogen-bond donors (Lipinski definition) is 1. The number of carbonyl (C=O) groups excluding carboxylic acids is 1. The van der Waals surface area contributed by atoms with Gasteiger partial charge in [0, 0.05) is 29.2 Å². The van der Waals surface area contributed by atoms with E-state index in [1.807, 2.05) is 13.8 Å². The number of amides is 1. The summed E-state index contributed by atoms with van der Waals surface area (Å²) < 4.78 is 5.38. The van der Waals surface area contributed by atoms with Crippen LogP contribution in [-0.2, 0) is 9.53 Å². The van der Waals surface area contributed by atoms with Gasteiger partial charge in [-0.05, 0) is 12.8 Å². The molecule has 134 valence electrons. The number of nitrogens with one attached hydrogen (secondary N) is 1. The van der Waals surface area contributed by atoms with Crippen molar-refractivity contribution in [3.05, 3.63) is 39.3 Å². The normalized spacial score (nSPS) is 10.9. The summed E-state index contributed by atoms with van der Waals surface area (Å²) >= 11 is 1.28. The Morgan fingerprint density at radius 1 is 1.44 bits per heavy atom. The lowest BCUT2D eigenvalue weighted by molar-refractivity contribution is -0.385. The monoisotopic (exact) mass is 363 g/mol. The van der Waals surface area contributed by atoms with Crippen LogP contribution in [0.1, 0.15) is 25.8 Å². The molecule has 0 saturated heterocycles. The molecule has 0 unspecified atom stereocenters. The molecule has 2 aromatic rings. The van der Waals surface area contributed by atoms with Crippen molar-refractivity contribution >= 4 is 28.1 Å². The summed E-state index contributed by atoms with van der Waals surface area (Å²) in [7, 11) is 0. The van der Waals surface area contributed by atoms with E-state index in [9.17, 15) is 14.9 Å². The number of nitro benzene ring substituents is 1. The topological polar surface area (TPSA) is 94.4 Å². The molecule has 0 aliphatic carbocycles. The van der Waals surface area contributed by atoms with Crippen molar-refractivity contribution in [2.45, 2.75) is 27.2 Å². The number of anilines is 1. The molecule has 1 aromatic heterocycles. The van der Waals surface area contributed by atoms with Crippen LogP contribution in [0.4, 0.5) is 10.8 Å². The minimum atomic E-state index is -0.412. The molecule has 7 nitrogen and oxygen atoms in total. The minimum Gasteiger partial charge on any atom is -0.381 e. The van der Waals surface area contributed by atoms with Gasteiger partial charge in [-0.15, -0.1) is 11.3 Å². The van der Waals surface area contributed by atoms with Crippen LogP contribution < -0.4 is 5.32 Å². The third kappa shape index (κ3) is 5.61. The average Bonchev–Trinajstić information content (AvgIpc) is 3.00. The predicted octanol–water partition coefficient (Wildman–Crippen LogP) is 4.03. The van der Waals surface area contributed by atoms with Gasteiger partial charge in [-0.25, -0.2) is 4.98 Å². The molecule has 1 N–H and O–H groups in total. The molecule has 1 heterocycles. The Morgan fingerprint density at radius 3 is 2.88 bits per heavy atom. The summed E-state index contributed by atoms with van der Waals surface area (Å²) in [4.78, 5) is 26.8. The van der Waals surface area contributed by atoms with Gasteiger partial charge in [0.05, 0.1) is 23.6 Å². The van der Waals surface area contributed by atoms with Crippen molar-refractivity contribution in [3.63, 3.8) is 0 Å². The first-order chi connectivity index (χ1) is 11.9. The Balaban J connectivity index is 1.97. The molecular formula is C17H21N3O4S. The Morgan fingerprint density at radius 2 is 2.20 bits per heavy atom. The molecule has 2 rings (SSSR count). The molecule has 0 radical (unpaired) electrons. The summed E-state index contributed by atoms with van der Waals surface area (Å²) in [6.07, 6.45) is 0.262. The molecule has 0 aliphatic rings. The highest BCUT2D eigenvalue weighted by atomic mass is 32.1. The number of ether oxygens (including phenoxy) is 1. The molecule has 0 atom stereocenters. The van der Waals surface area contributed by atoms with Crippen molar-refractivity contribution in [1.29, 1.82) is 0 Å². The van der Waals surface area contributed by atoms with Crippen molar-refractivity contribution in [2.24, 2.45) is 5.92 Å². The van der Waals surface area contributed by atoms with Crippen molar-refractivity contribution in [3.8, 4) is 11.3 Å². The number of nitrogens with zero attached hydrogens (tertiary/aromatic N) is 2. The van der Waals surface area contributed by atoms with Crippen molar-refractivity contribution in [2.75, 3.05) is 18.5 Å². The van der Waals surface area contributed by atoms with E-state index in [4.69, 9.17) is 4.74 Å². The van der Waals surface area contributed by atoms with Gasteiger partial charge in [-0.2, -0.15) is 0 Å². The van der Waals surface area contributed by atoms with Gasteiger partial charge in [0.1, 0.15) is 0 Å². The number of thiazole rings is 1. The fourth-order valence-electron chi connectivity index (χ4n) is 2.09. The molecule has 0 fully saturated rings. The first kappa shape index (κ1) is 19.0. The molecule has 1 amide bonds. The second kappa shape index (κ2) is 8.68. The van der Waals surface area contributed by atoms with Crippen LogP contribution in [-0.4, -0.2) is 29.0 Å². The quantitative estimate of drug-likeness (QED) is 0.434. The number of aromatic nitrogens is 1. The standard InChI is InChI=1S/C17H21N3O4S/c1-11(2)9-24-7-6-16(21)19-17-18-14(10-25-17)13-5-4-12(3)15(8-13)20(22)23/h4-5,8,10-11H,6-7,9H2,1-3H3,(H,18,19,21). The predicted molar refractivity (Wildman–Crippen MR) is 97.8 cm³/mol. The zero-order chi connectivity index (χ0) is 18.4. The largest absolute Gasteiger partial charge is 0.381 e. The maximum absolute atomic E-state index is 11.9. The van der Waals surface area contributed by atoms with Crippen molar-refractivity contribution < 1.29 is 14.5 Å². The Bertz CT molecular complexity index is 758. The second-order valence-electron chi connectivity index (χ2n) is 6.06. The van der Waals surface area contributed by atoms with Crippen LogP contribution in [0.5, 0.6) is 0 Å². The Kier molecular flexibility index (Phi) is 6.60. The number of aryl methyl sites for hydroxylation is 1. The minimum absolute atomic E-state index is 0.0541. The third-order valence-corrected chi connectivity index (χ3v) is 4.13. The van der Waals surface area contributed by atoms with Gasteiger partial charge in [-0.1, -0.05) is 26.0 Å². The maximum atomic E-state index is 11.9. The van der Waals surface area contributed by atoms with E-state index < -0.39 is 4.92 Å². The summed E-state index contributed by atoms with van der Waals surface area (Å²) in [5, 5.41) is 16.0. The molecule has 0 bridgehead atoms. The van der Waals surface area contributed by atoms with Crippen LogP contribution in [0.15, 0.2) is 23.6 Å².